The zero-order valence-corrected chi connectivity index (χ0v) is 12.1. The van der Waals surface area contributed by atoms with Gasteiger partial charge < -0.3 is 14.2 Å². The highest BCUT2D eigenvalue weighted by Gasteiger charge is 2.19. The molecule has 0 aliphatic carbocycles. The third kappa shape index (κ3) is 3.63. The van der Waals surface area contributed by atoms with E-state index < -0.39 is 5.91 Å². The normalized spacial score (nSPS) is 9.80. The minimum Gasteiger partial charge on any atom is -0.496 e. The number of methoxy groups -OCH3 is 3. The van der Waals surface area contributed by atoms with E-state index in [-0.39, 0.29) is 11.5 Å². The first kappa shape index (κ1) is 15.8. The summed E-state index contributed by atoms with van der Waals surface area (Å²) in [5.74, 6) is 0.294. The van der Waals surface area contributed by atoms with Crippen LogP contribution in [-0.4, -0.2) is 33.1 Å². The number of ether oxygens (including phenoxy) is 3. The lowest BCUT2D eigenvalue weighted by Gasteiger charge is -2.13. The van der Waals surface area contributed by atoms with E-state index in [4.69, 9.17) is 14.2 Å². The first-order valence-electron chi connectivity index (χ1n) is 6.21. The van der Waals surface area contributed by atoms with Gasteiger partial charge in [0.25, 0.3) is 5.91 Å². The highest BCUT2D eigenvalue weighted by atomic mass is 16.5. The summed E-state index contributed by atoms with van der Waals surface area (Å²) in [6, 6.07) is 3.02. The number of benzene rings is 1. The van der Waals surface area contributed by atoms with E-state index in [0.29, 0.717) is 30.1 Å². The Balaban J connectivity index is 3.09. The zero-order valence-electron chi connectivity index (χ0n) is 12.1. The number of nitrogens with one attached hydrogen (secondary N) is 1. The summed E-state index contributed by atoms with van der Waals surface area (Å²) in [5.41, 5.74) is 0.217. The Morgan fingerprint density at radius 2 is 1.55 bits per heavy atom. The van der Waals surface area contributed by atoms with Gasteiger partial charge in [-0.15, -0.1) is 0 Å². The molecule has 0 bridgehead atoms. The first-order chi connectivity index (χ1) is 9.57. The van der Waals surface area contributed by atoms with Gasteiger partial charge in [0.1, 0.15) is 5.75 Å². The lowest BCUT2D eigenvalue weighted by molar-refractivity contribution is -0.120. The third-order valence-corrected chi connectivity index (χ3v) is 2.68. The van der Waals surface area contributed by atoms with Crippen LogP contribution in [-0.2, 0) is 4.79 Å². The first-order valence-corrected chi connectivity index (χ1v) is 6.21. The summed E-state index contributed by atoms with van der Waals surface area (Å²) in [7, 11) is 4.39. The van der Waals surface area contributed by atoms with E-state index in [1.165, 1.54) is 33.5 Å². The van der Waals surface area contributed by atoms with Crippen molar-refractivity contribution in [1.82, 2.24) is 5.32 Å². The number of rotatable bonds is 6. The minimum atomic E-state index is -0.527. The lowest BCUT2D eigenvalue weighted by Crippen LogP contribution is -2.30. The van der Waals surface area contributed by atoms with Crippen LogP contribution in [0.25, 0.3) is 0 Å². The Labute approximate surface area is 118 Å². The van der Waals surface area contributed by atoms with Gasteiger partial charge in [-0.1, -0.05) is 6.92 Å². The molecule has 6 nitrogen and oxygen atoms in total. The number of amides is 2. The van der Waals surface area contributed by atoms with Crippen molar-refractivity contribution in [3.63, 3.8) is 0 Å². The van der Waals surface area contributed by atoms with Crippen molar-refractivity contribution in [1.29, 1.82) is 0 Å². The minimum absolute atomic E-state index is 0.217. The maximum Gasteiger partial charge on any atom is 0.261 e. The predicted octanol–water partition coefficient (Wildman–Crippen LogP) is 1.77. The maximum absolute atomic E-state index is 12.1. The predicted molar refractivity (Wildman–Crippen MR) is 73.5 cm³/mol. The molecule has 0 saturated carbocycles. The number of carbonyl (C=O) groups excluding carboxylic acids is 2. The summed E-state index contributed by atoms with van der Waals surface area (Å²) in [6.07, 6.45) is 0.962. The topological polar surface area (TPSA) is 73.9 Å². The van der Waals surface area contributed by atoms with Crippen LogP contribution in [0.5, 0.6) is 17.2 Å². The van der Waals surface area contributed by atoms with Crippen LogP contribution in [0.4, 0.5) is 0 Å². The second kappa shape index (κ2) is 7.37. The zero-order chi connectivity index (χ0) is 15.1. The Morgan fingerprint density at radius 3 is 2.05 bits per heavy atom. The monoisotopic (exact) mass is 281 g/mol. The van der Waals surface area contributed by atoms with Crippen molar-refractivity contribution >= 4 is 11.8 Å². The van der Waals surface area contributed by atoms with Crippen LogP contribution in [0.2, 0.25) is 0 Å². The average molecular weight is 281 g/mol. The van der Waals surface area contributed by atoms with Gasteiger partial charge in [0.2, 0.25) is 5.91 Å². The molecule has 0 spiro atoms. The molecule has 6 heteroatoms. The summed E-state index contributed by atoms with van der Waals surface area (Å²) in [6.45, 7) is 1.86. The SMILES string of the molecule is CCCC(=O)NC(=O)c1cc(OC)c(OC)cc1OC. The number of carbonyl (C=O) groups is 2. The Morgan fingerprint density at radius 1 is 1.00 bits per heavy atom. The Hall–Kier alpha value is -2.24. The highest BCUT2D eigenvalue weighted by molar-refractivity contribution is 6.06. The molecule has 0 aliphatic heterocycles. The number of hydrogen-bond acceptors (Lipinski definition) is 5. The maximum atomic E-state index is 12.1. The quantitative estimate of drug-likeness (QED) is 0.860. The van der Waals surface area contributed by atoms with Crippen molar-refractivity contribution in [3.8, 4) is 17.2 Å². The van der Waals surface area contributed by atoms with E-state index >= 15 is 0 Å². The van der Waals surface area contributed by atoms with E-state index in [0.717, 1.165) is 0 Å². The Bertz CT molecular complexity index is 499. The highest BCUT2D eigenvalue weighted by Crippen LogP contribution is 2.34. The molecule has 0 radical (unpaired) electrons. The van der Waals surface area contributed by atoms with Crippen molar-refractivity contribution in [2.24, 2.45) is 0 Å². The van der Waals surface area contributed by atoms with Crippen LogP contribution in [0.3, 0.4) is 0 Å². The molecule has 1 N–H and O–H groups in total. The summed E-state index contributed by atoms with van der Waals surface area (Å²) < 4.78 is 15.4. The molecule has 1 aromatic rings. The molecule has 0 aromatic heterocycles. The fraction of sp³-hybridized carbons (Fsp3) is 0.429. The van der Waals surface area contributed by atoms with Crippen molar-refractivity contribution in [2.75, 3.05) is 21.3 Å². The van der Waals surface area contributed by atoms with Crippen LogP contribution in [0.1, 0.15) is 30.1 Å². The van der Waals surface area contributed by atoms with Gasteiger partial charge in [0.15, 0.2) is 11.5 Å². The van der Waals surface area contributed by atoms with Crippen LogP contribution >= 0.6 is 0 Å². The molecule has 1 aromatic carbocycles. The Kier molecular flexibility index (Phi) is 5.83. The van der Waals surface area contributed by atoms with Crippen LogP contribution in [0, 0.1) is 0 Å². The van der Waals surface area contributed by atoms with Crippen molar-refractivity contribution in [2.45, 2.75) is 19.8 Å². The van der Waals surface area contributed by atoms with Crippen molar-refractivity contribution < 1.29 is 23.8 Å². The van der Waals surface area contributed by atoms with E-state index in [2.05, 4.69) is 5.32 Å². The third-order valence-electron chi connectivity index (χ3n) is 2.68. The fourth-order valence-corrected chi connectivity index (χ4v) is 1.69. The van der Waals surface area contributed by atoms with Gasteiger partial charge in [0.05, 0.1) is 26.9 Å². The molecule has 0 unspecified atom stereocenters. The van der Waals surface area contributed by atoms with E-state index in [9.17, 15) is 9.59 Å². The lowest BCUT2D eigenvalue weighted by atomic mass is 10.1. The molecule has 20 heavy (non-hydrogen) atoms. The second-order valence-corrected chi connectivity index (χ2v) is 4.03. The van der Waals surface area contributed by atoms with Gasteiger partial charge in [-0.2, -0.15) is 0 Å². The van der Waals surface area contributed by atoms with Gasteiger partial charge in [0, 0.05) is 18.6 Å². The van der Waals surface area contributed by atoms with Crippen LogP contribution < -0.4 is 19.5 Å². The molecule has 0 saturated heterocycles. The smallest absolute Gasteiger partial charge is 0.261 e. The molecular formula is C14H19NO5. The largest absolute Gasteiger partial charge is 0.496 e. The van der Waals surface area contributed by atoms with Gasteiger partial charge in [-0.05, 0) is 6.42 Å². The van der Waals surface area contributed by atoms with Gasteiger partial charge in [-0.3, -0.25) is 14.9 Å². The molecule has 0 heterocycles. The molecular weight excluding hydrogens is 262 g/mol. The summed E-state index contributed by atoms with van der Waals surface area (Å²) >= 11 is 0. The molecule has 0 atom stereocenters. The van der Waals surface area contributed by atoms with Gasteiger partial charge in [-0.25, -0.2) is 0 Å². The second-order valence-electron chi connectivity index (χ2n) is 4.03. The number of imide groups is 1. The van der Waals surface area contributed by atoms with Crippen molar-refractivity contribution in [3.05, 3.63) is 17.7 Å². The average Bonchev–Trinajstić information content (AvgIpc) is 2.45. The molecule has 0 fully saturated rings. The van der Waals surface area contributed by atoms with E-state index in [1.807, 2.05) is 6.92 Å². The summed E-state index contributed by atoms with van der Waals surface area (Å²) in [5, 5.41) is 2.31. The van der Waals surface area contributed by atoms with E-state index in [1.54, 1.807) is 0 Å². The molecule has 1 rings (SSSR count). The number of hydrogen-bond donors (Lipinski definition) is 1. The van der Waals surface area contributed by atoms with Crippen LogP contribution in [0.15, 0.2) is 12.1 Å². The molecule has 2 amide bonds. The van der Waals surface area contributed by atoms with Gasteiger partial charge >= 0.3 is 0 Å². The standard InChI is InChI=1S/C14H19NO5/c1-5-6-13(16)15-14(17)9-7-11(19-3)12(20-4)8-10(9)18-2/h7-8H,5-6H2,1-4H3,(H,15,16,17). The summed E-state index contributed by atoms with van der Waals surface area (Å²) in [4.78, 5) is 23.5. The fourth-order valence-electron chi connectivity index (χ4n) is 1.69. The molecule has 110 valence electrons. The molecule has 0 aliphatic rings.